The predicted molar refractivity (Wildman–Crippen MR) is 91.1 cm³/mol. The normalized spacial score (nSPS) is 10.2. The summed E-state index contributed by atoms with van der Waals surface area (Å²) in [5.41, 5.74) is 0.833. The van der Waals surface area contributed by atoms with Gasteiger partial charge in [-0.1, -0.05) is 18.2 Å². The summed E-state index contributed by atoms with van der Waals surface area (Å²) in [6, 6.07) is 12.4. The zero-order chi connectivity index (χ0) is 17.4. The van der Waals surface area contributed by atoms with E-state index in [0.29, 0.717) is 30.5 Å². The highest BCUT2D eigenvalue weighted by molar-refractivity contribution is 5.48. The van der Waals surface area contributed by atoms with Gasteiger partial charge in [0.15, 0.2) is 17.2 Å². The Morgan fingerprint density at radius 1 is 0.958 bits per heavy atom. The number of hydrogen-bond donors (Lipinski definition) is 0. The fourth-order valence-electron chi connectivity index (χ4n) is 2.20. The van der Waals surface area contributed by atoms with Gasteiger partial charge < -0.3 is 14.2 Å². The van der Waals surface area contributed by atoms with Gasteiger partial charge in [-0.3, -0.25) is 10.1 Å². The molecule has 0 aliphatic heterocycles. The maximum atomic E-state index is 11.0. The van der Waals surface area contributed by atoms with Gasteiger partial charge in [-0.25, -0.2) is 0 Å². The van der Waals surface area contributed by atoms with Gasteiger partial charge in [0.25, 0.3) is 0 Å². The third-order valence-corrected chi connectivity index (χ3v) is 3.43. The van der Waals surface area contributed by atoms with Crippen LogP contribution >= 0.6 is 0 Å². The maximum absolute atomic E-state index is 11.0. The van der Waals surface area contributed by atoms with E-state index in [-0.39, 0.29) is 5.69 Å². The molecule has 0 spiro atoms. The quantitative estimate of drug-likeness (QED) is 0.392. The highest BCUT2D eigenvalue weighted by Crippen LogP contribution is 2.28. The second-order valence-electron chi connectivity index (χ2n) is 5.28. The van der Waals surface area contributed by atoms with Crippen molar-refractivity contribution in [1.29, 1.82) is 0 Å². The van der Waals surface area contributed by atoms with Crippen molar-refractivity contribution in [2.45, 2.75) is 19.8 Å². The summed E-state index contributed by atoms with van der Waals surface area (Å²) in [5, 5.41) is 11.0. The zero-order valence-electron chi connectivity index (χ0n) is 13.9. The van der Waals surface area contributed by atoms with Gasteiger partial charge in [0.05, 0.1) is 25.2 Å². The summed E-state index contributed by atoms with van der Waals surface area (Å²) in [4.78, 5) is 10.6. The first-order valence-corrected chi connectivity index (χ1v) is 7.75. The molecule has 0 saturated carbocycles. The minimum atomic E-state index is -0.423. The van der Waals surface area contributed by atoms with Gasteiger partial charge in [-0.15, -0.1) is 0 Å². The van der Waals surface area contributed by atoms with Crippen LogP contribution in [0.2, 0.25) is 0 Å². The van der Waals surface area contributed by atoms with E-state index in [9.17, 15) is 10.1 Å². The number of benzene rings is 2. The Balaban J connectivity index is 1.75. The lowest BCUT2D eigenvalue weighted by molar-refractivity contribution is -0.385. The summed E-state index contributed by atoms with van der Waals surface area (Å²) in [5.74, 6) is 1.70. The Hall–Kier alpha value is -2.76. The molecule has 0 N–H and O–H groups in total. The third-order valence-electron chi connectivity index (χ3n) is 3.43. The fourth-order valence-corrected chi connectivity index (χ4v) is 2.20. The molecule has 0 bridgehead atoms. The molecule has 128 valence electrons. The molecular weight excluding hydrogens is 310 g/mol. The van der Waals surface area contributed by atoms with Crippen LogP contribution in [0.25, 0.3) is 0 Å². The van der Waals surface area contributed by atoms with Crippen LogP contribution in [0.15, 0.2) is 42.5 Å². The minimum absolute atomic E-state index is 0.000252. The van der Waals surface area contributed by atoms with Gasteiger partial charge in [0, 0.05) is 6.07 Å². The smallest absolute Gasteiger partial charge is 0.311 e. The summed E-state index contributed by atoms with van der Waals surface area (Å²) >= 11 is 0. The SMILES string of the molecule is COc1ccccc1OCCCCOc1ccc(C)cc1[N+](=O)[O-]. The van der Waals surface area contributed by atoms with Crippen LogP contribution < -0.4 is 14.2 Å². The third kappa shape index (κ3) is 4.87. The lowest BCUT2D eigenvalue weighted by Crippen LogP contribution is -2.04. The van der Waals surface area contributed by atoms with Crippen molar-refractivity contribution < 1.29 is 19.1 Å². The zero-order valence-corrected chi connectivity index (χ0v) is 13.9. The minimum Gasteiger partial charge on any atom is -0.493 e. The van der Waals surface area contributed by atoms with Crippen LogP contribution in [0.1, 0.15) is 18.4 Å². The van der Waals surface area contributed by atoms with Gasteiger partial charge >= 0.3 is 5.69 Å². The molecule has 24 heavy (non-hydrogen) atoms. The van der Waals surface area contributed by atoms with Crippen LogP contribution in [0.4, 0.5) is 5.69 Å². The van der Waals surface area contributed by atoms with E-state index in [1.807, 2.05) is 31.2 Å². The van der Waals surface area contributed by atoms with Crippen LogP contribution in [0.3, 0.4) is 0 Å². The van der Waals surface area contributed by atoms with Crippen molar-refractivity contribution in [2.24, 2.45) is 0 Å². The van der Waals surface area contributed by atoms with E-state index < -0.39 is 4.92 Å². The fraction of sp³-hybridized carbons (Fsp3) is 0.333. The molecular formula is C18H21NO5. The molecule has 0 aromatic heterocycles. The maximum Gasteiger partial charge on any atom is 0.311 e. The molecule has 0 aliphatic rings. The summed E-state index contributed by atoms with van der Waals surface area (Å²) in [6.45, 7) is 2.74. The number of nitro groups is 1. The van der Waals surface area contributed by atoms with Gasteiger partial charge in [-0.2, -0.15) is 0 Å². The second-order valence-corrected chi connectivity index (χ2v) is 5.28. The molecule has 0 fully saturated rings. The molecule has 0 heterocycles. The van der Waals surface area contributed by atoms with E-state index in [0.717, 1.165) is 18.4 Å². The lowest BCUT2D eigenvalue weighted by Gasteiger charge is -2.10. The van der Waals surface area contributed by atoms with Crippen LogP contribution in [-0.4, -0.2) is 25.2 Å². The van der Waals surface area contributed by atoms with Crippen molar-refractivity contribution >= 4 is 5.69 Å². The van der Waals surface area contributed by atoms with Crippen LogP contribution in [0, 0.1) is 17.0 Å². The molecule has 0 unspecified atom stereocenters. The van der Waals surface area contributed by atoms with Gasteiger partial charge in [0.2, 0.25) is 0 Å². The number of rotatable bonds is 9. The number of nitrogens with zero attached hydrogens (tertiary/aromatic N) is 1. The number of unbranched alkanes of at least 4 members (excludes halogenated alkanes) is 1. The molecule has 0 radical (unpaired) electrons. The predicted octanol–water partition coefficient (Wildman–Crippen LogP) is 4.15. The van der Waals surface area contributed by atoms with E-state index in [2.05, 4.69) is 0 Å². The van der Waals surface area contributed by atoms with Gasteiger partial charge in [0.1, 0.15) is 0 Å². The average Bonchev–Trinajstić information content (AvgIpc) is 2.59. The second kappa shape index (κ2) is 8.76. The molecule has 0 saturated heterocycles. The number of ether oxygens (including phenoxy) is 3. The Kier molecular flexibility index (Phi) is 6.42. The van der Waals surface area contributed by atoms with Crippen molar-refractivity contribution in [3.63, 3.8) is 0 Å². The van der Waals surface area contributed by atoms with E-state index in [4.69, 9.17) is 14.2 Å². The summed E-state index contributed by atoms with van der Waals surface area (Å²) in [7, 11) is 1.60. The number of para-hydroxylation sites is 2. The molecule has 2 aromatic rings. The average molecular weight is 331 g/mol. The lowest BCUT2D eigenvalue weighted by atomic mass is 10.2. The molecule has 2 rings (SSSR count). The molecule has 2 aromatic carbocycles. The molecule has 0 atom stereocenters. The molecule has 0 aliphatic carbocycles. The van der Waals surface area contributed by atoms with Crippen molar-refractivity contribution in [2.75, 3.05) is 20.3 Å². The highest BCUT2D eigenvalue weighted by atomic mass is 16.6. The highest BCUT2D eigenvalue weighted by Gasteiger charge is 2.14. The molecule has 0 amide bonds. The molecule has 6 nitrogen and oxygen atoms in total. The standard InChI is InChI=1S/C18H21NO5/c1-14-9-10-16(15(13-14)19(20)21)23-11-5-6-12-24-18-8-4-3-7-17(18)22-2/h3-4,7-10,13H,5-6,11-12H2,1-2H3. The van der Waals surface area contributed by atoms with Crippen molar-refractivity contribution in [1.82, 2.24) is 0 Å². The van der Waals surface area contributed by atoms with Crippen LogP contribution in [-0.2, 0) is 0 Å². The van der Waals surface area contributed by atoms with Gasteiger partial charge in [-0.05, 0) is 43.5 Å². The Morgan fingerprint density at radius 3 is 2.21 bits per heavy atom. The van der Waals surface area contributed by atoms with E-state index >= 15 is 0 Å². The Morgan fingerprint density at radius 2 is 1.58 bits per heavy atom. The van der Waals surface area contributed by atoms with Crippen molar-refractivity contribution in [3.05, 3.63) is 58.1 Å². The Bertz CT molecular complexity index is 687. The number of aryl methyl sites for hydroxylation is 1. The number of methoxy groups -OCH3 is 1. The van der Waals surface area contributed by atoms with E-state index in [1.165, 1.54) is 6.07 Å². The largest absolute Gasteiger partial charge is 0.493 e. The van der Waals surface area contributed by atoms with E-state index in [1.54, 1.807) is 19.2 Å². The number of nitro benzene ring substituents is 1. The van der Waals surface area contributed by atoms with Crippen molar-refractivity contribution in [3.8, 4) is 17.2 Å². The topological polar surface area (TPSA) is 70.8 Å². The number of hydrogen-bond acceptors (Lipinski definition) is 5. The van der Waals surface area contributed by atoms with Crippen LogP contribution in [0.5, 0.6) is 17.2 Å². The Labute approximate surface area is 141 Å². The summed E-state index contributed by atoms with van der Waals surface area (Å²) < 4.78 is 16.4. The first kappa shape index (κ1) is 17.6. The molecule has 6 heteroatoms. The summed E-state index contributed by atoms with van der Waals surface area (Å²) in [6.07, 6.45) is 1.51. The first-order chi connectivity index (χ1) is 11.6. The first-order valence-electron chi connectivity index (χ1n) is 7.75. The monoisotopic (exact) mass is 331 g/mol.